The fourth-order valence-electron chi connectivity index (χ4n) is 2.51. The van der Waals surface area contributed by atoms with Gasteiger partial charge in [-0.3, -0.25) is 9.59 Å². The summed E-state index contributed by atoms with van der Waals surface area (Å²) in [7, 11) is 0. The summed E-state index contributed by atoms with van der Waals surface area (Å²) in [6.07, 6.45) is 3.94. The predicted octanol–water partition coefficient (Wildman–Crippen LogP) is 3.39. The minimum atomic E-state index is -0.455. The maximum Gasteiger partial charge on any atom is 0.313 e. The Bertz CT molecular complexity index is 555. The number of ketones is 1. The van der Waals surface area contributed by atoms with Crippen LogP contribution < -0.4 is 0 Å². The lowest BCUT2D eigenvalue weighted by Gasteiger charge is -2.22. The number of rotatable bonds is 10. The van der Waals surface area contributed by atoms with Gasteiger partial charge in [0.05, 0.1) is 6.61 Å². The number of benzene rings is 1. The van der Waals surface area contributed by atoms with Crippen molar-refractivity contribution in [2.24, 2.45) is 0 Å². The molecule has 1 heterocycles. The van der Waals surface area contributed by atoms with Crippen LogP contribution in [0.1, 0.15) is 38.2 Å². The van der Waals surface area contributed by atoms with E-state index in [0.29, 0.717) is 19.0 Å². The Morgan fingerprint density at radius 2 is 2.16 bits per heavy atom. The maximum atomic E-state index is 11.3. The van der Waals surface area contributed by atoms with Crippen LogP contribution in [0, 0.1) is 0 Å². The Morgan fingerprint density at radius 3 is 2.92 bits per heavy atom. The summed E-state index contributed by atoms with van der Waals surface area (Å²) in [6, 6.07) is 8.28. The fraction of sp³-hybridized carbons (Fsp3) is 0.579. The summed E-state index contributed by atoms with van der Waals surface area (Å²) in [5.41, 5.74) is 1.22. The molecule has 0 radical (unpaired) electrons. The van der Waals surface area contributed by atoms with E-state index in [1.165, 1.54) is 18.9 Å². The zero-order valence-corrected chi connectivity index (χ0v) is 15.5. The number of ether oxygens (including phenoxy) is 3. The molecule has 138 valence electrons. The molecule has 5 nitrogen and oxygen atoms in total. The van der Waals surface area contributed by atoms with Crippen LogP contribution in [0.25, 0.3) is 0 Å². The van der Waals surface area contributed by atoms with Crippen LogP contribution in [0.4, 0.5) is 0 Å². The molecule has 1 aliphatic heterocycles. The molecular formula is C19H26O5S. The van der Waals surface area contributed by atoms with Gasteiger partial charge < -0.3 is 14.2 Å². The van der Waals surface area contributed by atoms with Crippen LogP contribution in [-0.4, -0.2) is 43.6 Å². The molecule has 1 unspecified atom stereocenters. The molecule has 0 saturated carbocycles. The van der Waals surface area contributed by atoms with E-state index in [0.717, 1.165) is 30.8 Å². The van der Waals surface area contributed by atoms with Gasteiger partial charge in [0, 0.05) is 17.3 Å². The van der Waals surface area contributed by atoms with E-state index in [4.69, 9.17) is 14.2 Å². The molecule has 0 spiro atoms. The molecule has 0 amide bonds. The van der Waals surface area contributed by atoms with Crippen LogP contribution in [0.5, 0.6) is 0 Å². The van der Waals surface area contributed by atoms with Gasteiger partial charge in [-0.2, -0.15) is 0 Å². The summed E-state index contributed by atoms with van der Waals surface area (Å²) < 4.78 is 16.4. The number of Topliss-reactive ketones (excluding diaryl/α,β-unsaturated/α-hetero) is 1. The Kier molecular flexibility index (Phi) is 9.00. The highest BCUT2D eigenvalue weighted by Gasteiger charge is 2.13. The second-order valence-corrected chi connectivity index (χ2v) is 7.18. The first kappa shape index (κ1) is 19.9. The second kappa shape index (κ2) is 11.3. The summed E-state index contributed by atoms with van der Waals surface area (Å²) in [5, 5.41) is 0. The highest BCUT2D eigenvalue weighted by atomic mass is 32.2. The molecule has 1 aromatic carbocycles. The molecule has 1 fully saturated rings. The van der Waals surface area contributed by atoms with Crippen molar-refractivity contribution >= 4 is 23.5 Å². The van der Waals surface area contributed by atoms with Gasteiger partial charge in [0.25, 0.3) is 0 Å². The molecule has 25 heavy (non-hydrogen) atoms. The number of thioether (sulfide) groups is 1. The summed E-state index contributed by atoms with van der Waals surface area (Å²) in [4.78, 5) is 23.2. The molecule has 1 atom stereocenters. The quantitative estimate of drug-likeness (QED) is 0.274. The first-order chi connectivity index (χ1) is 12.1. The zero-order valence-electron chi connectivity index (χ0n) is 14.7. The normalized spacial score (nSPS) is 17.2. The van der Waals surface area contributed by atoms with Gasteiger partial charge in [-0.05, 0) is 50.3 Å². The van der Waals surface area contributed by atoms with Crippen molar-refractivity contribution in [3.05, 3.63) is 29.8 Å². The van der Waals surface area contributed by atoms with E-state index in [9.17, 15) is 9.59 Å². The van der Waals surface area contributed by atoms with E-state index in [2.05, 4.69) is 12.1 Å². The SMILES string of the molecule is CC(=O)CC(=O)OCCSc1cccc(CCOC2CCCCO2)c1. The molecular weight excluding hydrogens is 340 g/mol. The van der Waals surface area contributed by atoms with Crippen molar-refractivity contribution in [3.8, 4) is 0 Å². The molecule has 0 bridgehead atoms. The van der Waals surface area contributed by atoms with Crippen molar-refractivity contribution < 1.29 is 23.8 Å². The summed E-state index contributed by atoms with van der Waals surface area (Å²) >= 11 is 1.63. The number of carbonyl (C=O) groups excluding carboxylic acids is 2. The topological polar surface area (TPSA) is 61.8 Å². The van der Waals surface area contributed by atoms with Gasteiger partial charge in [-0.1, -0.05) is 12.1 Å². The molecule has 1 aliphatic rings. The van der Waals surface area contributed by atoms with Gasteiger partial charge >= 0.3 is 5.97 Å². The van der Waals surface area contributed by atoms with E-state index in [-0.39, 0.29) is 18.5 Å². The maximum absolute atomic E-state index is 11.3. The van der Waals surface area contributed by atoms with Gasteiger partial charge in [-0.15, -0.1) is 11.8 Å². The first-order valence-electron chi connectivity index (χ1n) is 8.73. The van der Waals surface area contributed by atoms with Crippen LogP contribution in [0.3, 0.4) is 0 Å². The van der Waals surface area contributed by atoms with Gasteiger partial charge in [0.2, 0.25) is 0 Å². The monoisotopic (exact) mass is 366 g/mol. The van der Waals surface area contributed by atoms with Gasteiger partial charge in [0.15, 0.2) is 6.29 Å². The third kappa shape index (κ3) is 8.52. The van der Waals surface area contributed by atoms with Crippen LogP contribution in [0.15, 0.2) is 29.2 Å². The van der Waals surface area contributed by atoms with Crippen molar-refractivity contribution in [1.29, 1.82) is 0 Å². The van der Waals surface area contributed by atoms with E-state index in [1.54, 1.807) is 11.8 Å². The number of esters is 1. The number of hydrogen-bond acceptors (Lipinski definition) is 6. The molecule has 2 rings (SSSR count). The fourth-order valence-corrected chi connectivity index (χ4v) is 3.32. The highest BCUT2D eigenvalue weighted by molar-refractivity contribution is 7.99. The van der Waals surface area contributed by atoms with Crippen LogP contribution >= 0.6 is 11.8 Å². The molecule has 1 aromatic rings. The highest BCUT2D eigenvalue weighted by Crippen LogP contribution is 2.20. The third-order valence-electron chi connectivity index (χ3n) is 3.74. The molecule has 6 heteroatoms. The largest absolute Gasteiger partial charge is 0.464 e. The van der Waals surface area contributed by atoms with Crippen LogP contribution in [-0.2, 0) is 30.2 Å². The minimum absolute atomic E-state index is 0.0454. The predicted molar refractivity (Wildman–Crippen MR) is 96.7 cm³/mol. The van der Waals surface area contributed by atoms with Crippen molar-refractivity contribution in [2.75, 3.05) is 25.6 Å². The van der Waals surface area contributed by atoms with Crippen LogP contribution in [0.2, 0.25) is 0 Å². The average Bonchev–Trinajstić information content (AvgIpc) is 2.59. The Morgan fingerprint density at radius 1 is 1.28 bits per heavy atom. The summed E-state index contributed by atoms with van der Waals surface area (Å²) in [5.74, 6) is 0.0367. The number of carbonyl (C=O) groups is 2. The second-order valence-electron chi connectivity index (χ2n) is 6.01. The first-order valence-corrected chi connectivity index (χ1v) is 9.72. The molecule has 0 N–H and O–H groups in total. The number of hydrogen-bond donors (Lipinski definition) is 0. The Labute approximate surface area is 153 Å². The van der Waals surface area contributed by atoms with Crippen molar-refractivity contribution in [2.45, 2.75) is 50.2 Å². The lowest BCUT2D eigenvalue weighted by molar-refractivity contribution is -0.161. The Balaban J connectivity index is 1.64. The average molecular weight is 366 g/mol. The molecule has 0 aliphatic carbocycles. The molecule has 0 aromatic heterocycles. The lowest BCUT2D eigenvalue weighted by Crippen LogP contribution is -2.23. The standard InChI is InChI=1S/C19H26O5S/c1-15(20)13-18(21)22-11-12-25-17-6-4-5-16(14-17)8-10-24-19-7-2-3-9-23-19/h4-6,14,19H,2-3,7-13H2,1H3. The smallest absolute Gasteiger partial charge is 0.313 e. The minimum Gasteiger partial charge on any atom is -0.464 e. The zero-order chi connectivity index (χ0) is 17.9. The lowest BCUT2D eigenvalue weighted by atomic mass is 10.1. The van der Waals surface area contributed by atoms with E-state index < -0.39 is 5.97 Å². The van der Waals surface area contributed by atoms with Gasteiger partial charge in [0.1, 0.15) is 18.8 Å². The van der Waals surface area contributed by atoms with Crippen molar-refractivity contribution in [1.82, 2.24) is 0 Å². The van der Waals surface area contributed by atoms with E-state index in [1.807, 2.05) is 12.1 Å². The Hall–Kier alpha value is -1.37. The van der Waals surface area contributed by atoms with E-state index >= 15 is 0 Å². The van der Waals surface area contributed by atoms with Crippen molar-refractivity contribution in [3.63, 3.8) is 0 Å². The third-order valence-corrected chi connectivity index (χ3v) is 4.70. The summed E-state index contributed by atoms with van der Waals surface area (Å²) in [6.45, 7) is 3.14. The van der Waals surface area contributed by atoms with Gasteiger partial charge in [-0.25, -0.2) is 0 Å². The molecule has 1 saturated heterocycles.